The lowest BCUT2D eigenvalue weighted by atomic mass is 9.79. The van der Waals surface area contributed by atoms with E-state index in [1.807, 2.05) is 18.2 Å². The molecule has 5 nitrogen and oxygen atoms in total. The van der Waals surface area contributed by atoms with E-state index in [2.05, 4.69) is 48.9 Å². The van der Waals surface area contributed by atoms with Crippen molar-refractivity contribution in [1.82, 2.24) is 15.6 Å². The van der Waals surface area contributed by atoms with Crippen molar-refractivity contribution in [1.29, 1.82) is 0 Å². The van der Waals surface area contributed by atoms with Gasteiger partial charge in [0.25, 0.3) is 0 Å². The zero-order valence-corrected chi connectivity index (χ0v) is 20.2. The Hall–Kier alpha value is -1.19. The Labute approximate surface area is 190 Å². The van der Waals surface area contributed by atoms with Gasteiger partial charge in [0.05, 0.1) is 12.2 Å². The molecule has 1 aromatic carbocycles. The van der Waals surface area contributed by atoms with Crippen molar-refractivity contribution in [3.05, 3.63) is 41.4 Å². The molecule has 0 amide bonds. The third kappa shape index (κ3) is 7.33. The number of benzene rings is 1. The molecule has 3 N–H and O–H groups in total. The second-order valence-electron chi connectivity index (χ2n) is 6.74. The van der Waals surface area contributed by atoms with Gasteiger partial charge in [-0.15, -0.1) is 35.3 Å². The van der Waals surface area contributed by atoms with Gasteiger partial charge in [0, 0.05) is 30.6 Å². The largest absolute Gasteiger partial charge is 0.396 e. The normalized spacial score (nSPS) is 11.8. The van der Waals surface area contributed by atoms with Gasteiger partial charge in [-0.1, -0.05) is 44.2 Å². The van der Waals surface area contributed by atoms with E-state index in [-0.39, 0.29) is 36.0 Å². The molecule has 156 valence electrons. The third-order valence-corrected chi connectivity index (χ3v) is 6.03. The fourth-order valence-corrected chi connectivity index (χ4v) is 3.86. The second-order valence-corrected chi connectivity index (χ2v) is 7.60. The highest BCUT2D eigenvalue weighted by Gasteiger charge is 2.25. The quantitative estimate of drug-likeness (QED) is 0.244. The van der Waals surface area contributed by atoms with Gasteiger partial charge >= 0.3 is 0 Å². The standard InChI is InChI=1S/C21H32N4OS.HI/c1-4-21(5-2,12-13-26)16-24-20(22-6-3)23-14-18-15-27-19(25-18)17-10-8-7-9-11-17;/h7-11,15,26H,4-6,12-14,16H2,1-3H3,(H2,22,23,24);1H. The number of thiazole rings is 1. The molecule has 0 fully saturated rings. The van der Waals surface area contributed by atoms with E-state index in [4.69, 9.17) is 9.98 Å². The number of aliphatic hydroxyl groups excluding tert-OH is 1. The van der Waals surface area contributed by atoms with Crippen LogP contribution in [0.2, 0.25) is 0 Å². The van der Waals surface area contributed by atoms with Gasteiger partial charge in [-0.3, -0.25) is 0 Å². The molecule has 0 atom stereocenters. The van der Waals surface area contributed by atoms with Crippen LogP contribution in [0, 0.1) is 5.41 Å². The summed E-state index contributed by atoms with van der Waals surface area (Å²) >= 11 is 1.65. The number of halogens is 1. The lowest BCUT2D eigenvalue weighted by Crippen LogP contribution is -2.43. The fourth-order valence-electron chi connectivity index (χ4n) is 3.05. The van der Waals surface area contributed by atoms with E-state index in [1.165, 1.54) is 0 Å². The molecule has 2 rings (SSSR count). The summed E-state index contributed by atoms with van der Waals surface area (Å²) in [6.07, 6.45) is 2.87. The van der Waals surface area contributed by atoms with Crippen molar-refractivity contribution in [2.24, 2.45) is 10.4 Å². The first-order valence-electron chi connectivity index (χ1n) is 9.79. The molecule has 0 aliphatic heterocycles. The molecule has 28 heavy (non-hydrogen) atoms. The number of aliphatic hydroxyl groups is 1. The number of rotatable bonds is 10. The Morgan fingerprint density at radius 1 is 1.14 bits per heavy atom. The molecule has 0 saturated carbocycles. The minimum absolute atomic E-state index is 0. The van der Waals surface area contributed by atoms with Crippen LogP contribution in [0.15, 0.2) is 40.7 Å². The molecule has 2 aromatic rings. The molecule has 0 saturated heterocycles. The monoisotopic (exact) mass is 516 g/mol. The van der Waals surface area contributed by atoms with Gasteiger partial charge in [0.1, 0.15) is 5.01 Å². The van der Waals surface area contributed by atoms with Gasteiger partial charge in [-0.25, -0.2) is 9.98 Å². The fraction of sp³-hybridized carbons (Fsp3) is 0.524. The number of aromatic nitrogens is 1. The van der Waals surface area contributed by atoms with Crippen molar-refractivity contribution in [3.63, 3.8) is 0 Å². The highest BCUT2D eigenvalue weighted by Crippen LogP contribution is 2.29. The summed E-state index contributed by atoms with van der Waals surface area (Å²) < 4.78 is 0. The number of hydrogen-bond donors (Lipinski definition) is 3. The summed E-state index contributed by atoms with van der Waals surface area (Å²) in [6, 6.07) is 10.2. The summed E-state index contributed by atoms with van der Waals surface area (Å²) in [6.45, 7) is 8.81. The average molecular weight is 516 g/mol. The maximum Gasteiger partial charge on any atom is 0.191 e. The Morgan fingerprint density at radius 3 is 2.46 bits per heavy atom. The predicted molar refractivity (Wildman–Crippen MR) is 131 cm³/mol. The van der Waals surface area contributed by atoms with Crippen molar-refractivity contribution in [2.75, 3.05) is 19.7 Å². The minimum atomic E-state index is 0. The number of nitrogens with one attached hydrogen (secondary N) is 2. The molecular weight excluding hydrogens is 483 g/mol. The number of hydrogen-bond acceptors (Lipinski definition) is 4. The summed E-state index contributed by atoms with van der Waals surface area (Å²) in [4.78, 5) is 9.40. The SMILES string of the molecule is CCNC(=NCc1csc(-c2ccccc2)n1)NCC(CC)(CC)CCO.I. The Balaban J connectivity index is 0.00000392. The molecule has 0 unspecified atom stereocenters. The average Bonchev–Trinajstić information content (AvgIpc) is 3.19. The highest BCUT2D eigenvalue weighted by molar-refractivity contribution is 14.0. The van der Waals surface area contributed by atoms with E-state index >= 15 is 0 Å². The van der Waals surface area contributed by atoms with Crippen LogP contribution in [-0.4, -0.2) is 35.7 Å². The Kier molecular flexibility index (Phi) is 11.6. The first kappa shape index (κ1) is 24.8. The Bertz CT molecular complexity index is 701. The van der Waals surface area contributed by atoms with Gasteiger partial charge < -0.3 is 15.7 Å². The summed E-state index contributed by atoms with van der Waals surface area (Å²) in [5.41, 5.74) is 2.22. The molecule has 0 aliphatic carbocycles. The second kappa shape index (κ2) is 13.1. The van der Waals surface area contributed by atoms with Crippen LogP contribution >= 0.6 is 35.3 Å². The molecule has 1 aromatic heterocycles. The topological polar surface area (TPSA) is 69.5 Å². The number of guanidine groups is 1. The summed E-state index contributed by atoms with van der Waals surface area (Å²) in [5.74, 6) is 0.802. The van der Waals surface area contributed by atoms with Crippen LogP contribution in [0.4, 0.5) is 0 Å². The van der Waals surface area contributed by atoms with Crippen LogP contribution in [0.5, 0.6) is 0 Å². The van der Waals surface area contributed by atoms with Gasteiger partial charge in [-0.2, -0.15) is 0 Å². The first-order valence-corrected chi connectivity index (χ1v) is 10.7. The zero-order valence-electron chi connectivity index (χ0n) is 17.1. The van der Waals surface area contributed by atoms with Gasteiger partial charge in [0.2, 0.25) is 0 Å². The molecule has 0 radical (unpaired) electrons. The summed E-state index contributed by atoms with van der Waals surface area (Å²) in [5, 5.41) is 19.3. The van der Waals surface area contributed by atoms with Crippen LogP contribution in [0.25, 0.3) is 10.6 Å². The molecular formula is C21H33IN4OS. The van der Waals surface area contributed by atoms with Crippen molar-refractivity contribution < 1.29 is 5.11 Å². The van der Waals surface area contributed by atoms with E-state index in [0.29, 0.717) is 6.54 Å². The van der Waals surface area contributed by atoms with Crippen molar-refractivity contribution >= 4 is 41.3 Å². The molecule has 0 bridgehead atoms. The maximum absolute atomic E-state index is 9.40. The molecule has 0 aliphatic rings. The van der Waals surface area contributed by atoms with Crippen LogP contribution < -0.4 is 10.6 Å². The van der Waals surface area contributed by atoms with E-state index < -0.39 is 0 Å². The van der Waals surface area contributed by atoms with Crippen LogP contribution in [-0.2, 0) is 6.54 Å². The third-order valence-electron chi connectivity index (χ3n) is 5.09. The maximum atomic E-state index is 9.40. The van der Waals surface area contributed by atoms with Crippen LogP contribution in [0.1, 0.15) is 45.7 Å². The Morgan fingerprint density at radius 2 is 1.86 bits per heavy atom. The van der Waals surface area contributed by atoms with Crippen molar-refractivity contribution in [2.45, 2.75) is 46.6 Å². The van der Waals surface area contributed by atoms with E-state index in [0.717, 1.165) is 54.6 Å². The van der Waals surface area contributed by atoms with Gasteiger partial charge in [-0.05, 0) is 31.6 Å². The zero-order chi connectivity index (χ0) is 19.5. The van der Waals surface area contributed by atoms with E-state index in [9.17, 15) is 5.11 Å². The summed E-state index contributed by atoms with van der Waals surface area (Å²) in [7, 11) is 0. The smallest absolute Gasteiger partial charge is 0.191 e. The van der Waals surface area contributed by atoms with Crippen molar-refractivity contribution in [3.8, 4) is 10.6 Å². The lowest BCUT2D eigenvalue weighted by molar-refractivity contribution is 0.169. The van der Waals surface area contributed by atoms with E-state index in [1.54, 1.807) is 11.3 Å². The molecule has 1 heterocycles. The molecule has 7 heteroatoms. The minimum Gasteiger partial charge on any atom is -0.396 e. The van der Waals surface area contributed by atoms with Crippen LogP contribution in [0.3, 0.4) is 0 Å². The predicted octanol–water partition coefficient (Wildman–Crippen LogP) is 4.67. The number of nitrogens with zero attached hydrogens (tertiary/aromatic N) is 2. The van der Waals surface area contributed by atoms with Gasteiger partial charge in [0.15, 0.2) is 5.96 Å². The highest BCUT2D eigenvalue weighted by atomic mass is 127. The molecule has 0 spiro atoms. The lowest BCUT2D eigenvalue weighted by Gasteiger charge is -2.32. The number of aliphatic imine (C=N–C) groups is 1. The first-order chi connectivity index (χ1) is 13.2.